The highest BCUT2D eigenvalue weighted by Gasteiger charge is 2.06. The number of hydrogen-bond donors (Lipinski definition) is 1. The smallest absolute Gasteiger partial charge is 0.0639 e. The number of pyridine rings is 1. The lowest BCUT2D eigenvalue weighted by Crippen LogP contribution is -2.30. The van der Waals surface area contributed by atoms with Crippen molar-refractivity contribution in [1.82, 2.24) is 9.88 Å². The summed E-state index contributed by atoms with van der Waals surface area (Å²) in [6.45, 7) is 6.47. The van der Waals surface area contributed by atoms with Crippen LogP contribution in [-0.2, 0) is 6.54 Å². The highest BCUT2D eigenvalue weighted by Crippen LogP contribution is 2.03. The highest BCUT2D eigenvalue weighted by molar-refractivity contribution is 5.09. The molecule has 0 saturated carbocycles. The number of aliphatic hydroxyl groups is 1. The van der Waals surface area contributed by atoms with Crippen molar-refractivity contribution < 1.29 is 5.11 Å². The Kier molecular flexibility index (Phi) is 4.56. The van der Waals surface area contributed by atoms with Crippen LogP contribution in [0.25, 0.3) is 0 Å². The molecule has 0 aliphatic rings. The van der Waals surface area contributed by atoms with E-state index in [4.69, 9.17) is 0 Å². The van der Waals surface area contributed by atoms with Gasteiger partial charge in [-0.25, -0.2) is 0 Å². The van der Waals surface area contributed by atoms with Crippen molar-refractivity contribution in [3.8, 4) is 0 Å². The Hall–Kier alpha value is -0.930. The van der Waals surface area contributed by atoms with Gasteiger partial charge >= 0.3 is 0 Å². The fraction of sp³-hybridized carbons (Fsp3) is 0.545. The molecule has 0 radical (unpaired) electrons. The molecule has 1 aromatic heterocycles. The van der Waals surface area contributed by atoms with Crippen LogP contribution >= 0.6 is 0 Å². The fourth-order valence-electron chi connectivity index (χ4n) is 1.43. The number of nitrogens with zero attached hydrogens (tertiary/aromatic N) is 2. The number of aliphatic hydroxyl groups excluding tert-OH is 1. The van der Waals surface area contributed by atoms with Crippen LogP contribution in [0.5, 0.6) is 0 Å². The van der Waals surface area contributed by atoms with Crippen molar-refractivity contribution in [3.05, 3.63) is 30.1 Å². The zero-order chi connectivity index (χ0) is 10.4. The molecule has 1 heterocycles. The molecule has 3 nitrogen and oxygen atoms in total. The van der Waals surface area contributed by atoms with E-state index in [0.717, 1.165) is 19.6 Å². The lowest BCUT2D eigenvalue weighted by Gasteiger charge is -2.21. The molecule has 1 aromatic rings. The molecule has 3 heteroatoms. The molecule has 0 aliphatic heterocycles. The molecular weight excluding hydrogens is 176 g/mol. The first-order valence-electron chi connectivity index (χ1n) is 5.01. The summed E-state index contributed by atoms with van der Waals surface area (Å²) in [5, 5.41) is 9.28. The van der Waals surface area contributed by atoms with Gasteiger partial charge in [-0.05, 0) is 31.2 Å². The van der Waals surface area contributed by atoms with Crippen LogP contribution in [0.2, 0.25) is 0 Å². The van der Waals surface area contributed by atoms with Gasteiger partial charge in [0, 0.05) is 25.5 Å². The average Bonchev–Trinajstić information content (AvgIpc) is 2.17. The molecule has 0 fully saturated rings. The van der Waals surface area contributed by atoms with E-state index in [0.29, 0.717) is 0 Å². The Morgan fingerprint density at radius 3 is 2.57 bits per heavy atom. The SMILES string of the molecule is CCN(Cc1ccncc1)C[C@H](C)O. The van der Waals surface area contributed by atoms with E-state index >= 15 is 0 Å². The van der Waals surface area contributed by atoms with Gasteiger partial charge in [-0.2, -0.15) is 0 Å². The highest BCUT2D eigenvalue weighted by atomic mass is 16.3. The van der Waals surface area contributed by atoms with Crippen LogP contribution in [0.1, 0.15) is 19.4 Å². The quantitative estimate of drug-likeness (QED) is 0.767. The summed E-state index contributed by atoms with van der Waals surface area (Å²) in [6, 6.07) is 4.01. The second-order valence-corrected chi connectivity index (χ2v) is 3.53. The fourth-order valence-corrected chi connectivity index (χ4v) is 1.43. The summed E-state index contributed by atoms with van der Waals surface area (Å²) in [5.74, 6) is 0. The molecule has 0 bridgehead atoms. The first-order chi connectivity index (χ1) is 6.72. The Morgan fingerprint density at radius 1 is 1.43 bits per heavy atom. The molecule has 1 N–H and O–H groups in total. The van der Waals surface area contributed by atoms with Crippen molar-refractivity contribution in [2.24, 2.45) is 0 Å². The van der Waals surface area contributed by atoms with E-state index in [1.165, 1.54) is 5.56 Å². The summed E-state index contributed by atoms with van der Waals surface area (Å²) in [6.07, 6.45) is 3.33. The minimum absolute atomic E-state index is 0.267. The van der Waals surface area contributed by atoms with E-state index in [1.807, 2.05) is 19.1 Å². The molecule has 0 spiro atoms. The van der Waals surface area contributed by atoms with Crippen molar-refractivity contribution in [2.75, 3.05) is 13.1 Å². The zero-order valence-electron chi connectivity index (χ0n) is 8.85. The van der Waals surface area contributed by atoms with Crippen LogP contribution in [0.4, 0.5) is 0 Å². The first kappa shape index (κ1) is 11.1. The molecule has 0 unspecified atom stereocenters. The van der Waals surface area contributed by atoms with Gasteiger partial charge in [0.05, 0.1) is 6.10 Å². The van der Waals surface area contributed by atoms with Gasteiger partial charge in [-0.15, -0.1) is 0 Å². The predicted octanol–water partition coefficient (Wildman–Crippen LogP) is 1.28. The van der Waals surface area contributed by atoms with Crippen molar-refractivity contribution in [1.29, 1.82) is 0 Å². The average molecular weight is 194 g/mol. The minimum atomic E-state index is -0.267. The maximum absolute atomic E-state index is 9.28. The van der Waals surface area contributed by atoms with Gasteiger partial charge in [0.2, 0.25) is 0 Å². The topological polar surface area (TPSA) is 36.4 Å². The second kappa shape index (κ2) is 5.73. The van der Waals surface area contributed by atoms with Gasteiger partial charge in [0.25, 0.3) is 0 Å². The molecule has 0 amide bonds. The molecule has 0 aliphatic carbocycles. The number of aromatic nitrogens is 1. The zero-order valence-corrected chi connectivity index (χ0v) is 8.85. The first-order valence-corrected chi connectivity index (χ1v) is 5.01. The van der Waals surface area contributed by atoms with Crippen LogP contribution < -0.4 is 0 Å². The molecule has 14 heavy (non-hydrogen) atoms. The molecule has 1 atom stereocenters. The molecule has 0 aromatic carbocycles. The van der Waals surface area contributed by atoms with Crippen LogP contribution in [-0.4, -0.2) is 34.2 Å². The second-order valence-electron chi connectivity index (χ2n) is 3.53. The van der Waals surface area contributed by atoms with Gasteiger partial charge in [-0.1, -0.05) is 6.92 Å². The molecular formula is C11H18N2O. The van der Waals surface area contributed by atoms with E-state index in [9.17, 15) is 5.11 Å². The number of hydrogen-bond acceptors (Lipinski definition) is 3. The standard InChI is InChI=1S/C11H18N2O/c1-3-13(8-10(2)14)9-11-4-6-12-7-5-11/h4-7,10,14H,3,8-9H2,1-2H3/t10-/m0/s1. The minimum Gasteiger partial charge on any atom is -0.392 e. The maximum atomic E-state index is 9.28. The maximum Gasteiger partial charge on any atom is 0.0639 e. The summed E-state index contributed by atoms with van der Waals surface area (Å²) in [4.78, 5) is 6.18. The summed E-state index contributed by atoms with van der Waals surface area (Å²) >= 11 is 0. The third kappa shape index (κ3) is 3.85. The Bertz CT molecular complexity index is 249. The van der Waals surface area contributed by atoms with Crippen LogP contribution in [0.3, 0.4) is 0 Å². The Balaban J connectivity index is 2.48. The Labute approximate surface area is 85.4 Å². The monoisotopic (exact) mass is 194 g/mol. The summed E-state index contributed by atoms with van der Waals surface area (Å²) in [7, 11) is 0. The van der Waals surface area contributed by atoms with Gasteiger partial charge < -0.3 is 5.11 Å². The van der Waals surface area contributed by atoms with Crippen molar-refractivity contribution >= 4 is 0 Å². The summed E-state index contributed by atoms with van der Waals surface area (Å²) < 4.78 is 0. The van der Waals surface area contributed by atoms with E-state index in [2.05, 4.69) is 16.8 Å². The number of likely N-dealkylation sites (N-methyl/N-ethyl adjacent to an activating group) is 1. The lowest BCUT2D eigenvalue weighted by atomic mass is 10.2. The van der Waals surface area contributed by atoms with Gasteiger partial charge in [0.1, 0.15) is 0 Å². The number of rotatable bonds is 5. The van der Waals surface area contributed by atoms with E-state index < -0.39 is 0 Å². The lowest BCUT2D eigenvalue weighted by molar-refractivity contribution is 0.126. The normalized spacial score (nSPS) is 13.1. The van der Waals surface area contributed by atoms with Gasteiger partial charge in [-0.3, -0.25) is 9.88 Å². The third-order valence-corrected chi connectivity index (χ3v) is 2.13. The van der Waals surface area contributed by atoms with Crippen molar-refractivity contribution in [3.63, 3.8) is 0 Å². The Morgan fingerprint density at radius 2 is 2.07 bits per heavy atom. The van der Waals surface area contributed by atoms with Crippen LogP contribution in [0, 0.1) is 0 Å². The van der Waals surface area contributed by atoms with E-state index in [1.54, 1.807) is 12.4 Å². The molecule has 1 rings (SSSR count). The van der Waals surface area contributed by atoms with Crippen LogP contribution in [0.15, 0.2) is 24.5 Å². The van der Waals surface area contributed by atoms with E-state index in [-0.39, 0.29) is 6.10 Å². The van der Waals surface area contributed by atoms with Crippen molar-refractivity contribution in [2.45, 2.75) is 26.5 Å². The predicted molar refractivity (Wildman–Crippen MR) is 56.9 cm³/mol. The molecule has 78 valence electrons. The summed E-state index contributed by atoms with van der Waals surface area (Å²) in [5.41, 5.74) is 1.24. The largest absolute Gasteiger partial charge is 0.392 e. The molecule has 0 saturated heterocycles. The van der Waals surface area contributed by atoms with Gasteiger partial charge in [0.15, 0.2) is 0 Å². The third-order valence-electron chi connectivity index (χ3n) is 2.13.